The summed E-state index contributed by atoms with van der Waals surface area (Å²) >= 11 is 1.32. The Balaban J connectivity index is 1.74. The number of carbonyl (C=O) groups is 2. The third-order valence-corrected chi connectivity index (χ3v) is 6.95. The largest absolute Gasteiger partial charge is 0.507 e. The Labute approximate surface area is 205 Å². The molecular weight excluding hydrogens is 464 g/mol. The van der Waals surface area contributed by atoms with E-state index in [1.807, 2.05) is 25.1 Å². The molecule has 176 valence electrons. The molecule has 8 heteroatoms. The van der Waals surface area contributed by atoms with E-state index in [0.29, 0.717) is 27.8 Å². The third-order valence-electron chi connectivity index (χ3n) is 5.94. The molecule has 1 N–H and O–H groups in total. The number of methoxy groups -OCH3 is 2. The van der Waals surface area contributed by atoms with Gasteiger partial charge in [-0.3, -0.25) is 14.5 Å². The summed E-state index contributed by atoms with van der Waals surface area (Å²) in [5, 5.41) is 11.7. The molecule has 0 saturated carbocycles. The summed E-state index contributed by atoms with van der Waals surface area (Å²) in [4.78, 5) is 32.8. The van der Waals surface area contributed by atoms with Gasteiger partial charge < -0.3 is 14.6 Å². The van der Waals surface area contributed by atoms with Crippen LogP contribution in [0.4, 0.5) is 5.13 Å². The minimum atomic E-state index is -0.891. The number of thiazole rings is 1. The van der Waals surface area contributed by atoms with Gasteiger partial charge in [0.2, 0.25) is 0 Å². The second-order valence-electron chi connectivity index (χ2n) is 8.15. The molecule has 0 unspecified atom stereocenters. The first-order valence-electron chi connectivity index (χ1n) is 10.9. The number of hydrogen-bond donors (Lipinski definition) is 1. The number of carbonyl (C=O) groups excluding carboxylic acids is 2. The molecule has 0 spiro atoms. The van der Waals surface area contributed by atoms with Crippen LogP contribution in [0.15, 0.2) is 72.3 Å². The summed E-state index contributed by atoms with van der Waals surface area (Å²) in [5.74, 6) is -0.738. The van der Waals surface area contributed by atoms with E-state index in [4.69, 9.17) is 9.47 Å². The van der Waals surface area contributed by atoms with Gasteiger partial charge in [-0.15, -0.1) is 0 Å². The van der Waals surface area contributed by atoms with Crippen molar-refractivity contribution >= 4 is 44.1 Å². The number of amides is 1. The van der Waals surface area contributed by atoms with Gasteiger partial charge in [0.05, 0.1) is 36.1 Å². The minimum absolute atomic E-state index is 0.0213. The molecule has 7 nitrogen and oxygen atoms in total. The van der Waals surface area contributed by atoms with E-state index < -0.39 is 17.7 Å². The highest BCUT2D eigenvalue weighted by molar-refractivity contribution is 7.22. The van der Waals surface area contributed by atoms with Crippen LogP contribution in [-0.4, -0.2) is 36.0 Å². The SMILES string of the molecule is COc1cccc(C(O)=C2C(=O)C(=O)N(c3nc4ccc(C)cc4s3)[C@@H]2c2cccc(OC)c2)c1. The number of aliphatic hydroxyl groups excluding tert-OH is 1. The number of aromatic nitrogens is 1. The maximum Gasteiger partial charge on any atom is 0.301 e. The van der Waals surface area contributed by atoms with Crippen molar-refractivity contribution in [2.24, 2.45) is 0 Å². The van der Waals surface area contributed by atoms with Crippen molar-refractivity contribution in [3.05, 3.63) is 89.0 Å². The van der Waals surface area contributed by atoms with Gasteiger partial charge in [-0.1, -0.05) is 41.7 Å². The van der Waals surface area contributed by atoms with Gasteiger partial charge in [-0.05, 0) is 54.4 Å². The maximum atomic E-state index is 13.4. The summed E-state index contributed by atoms with van der Waals surface area (Å²) in [7, 11) is 3.06. The van der Waals surface area contributed by atoms with Crippen molar-refractivity contribution in [3.63, 3.8) is 0 Å². The molecule has 35 heavy (non-hydrogen) atoms. The number of anilines is 1. The number of ether oxygens (including phenoxy) is 2. The first-order valence-corrected chi connectivity index (χ1v) is 11.7. The molecule has 0 bridgehead atoms. The molecule has 1 amide bonds. The molecule has 3 aromatic carbocycles. The molecular formula is C27H22N2O5S. The molecule has 4 aromatic rings. The molecule has 1 aromatic heterocycles. The average molecular weight is 487 g/mol. The number of hydrogen-bond acceptors (Lipinski definition) is 7. The highest BCUT2D eigenvalue weighted by Gasteiger charge is 2.48. The number of Topliss-reactive ketones (excluding diaryl/α,β-unsaturated/α-hetero) is 1. The first-order chi connectivity index (χ1) is 16.9. The Morgan fingerprint density at radius 2 is 1.69 bits per heavy atom. The van der Waals surface area contributed by atoms with Crippen LogP contribution in [0.2, 0.25) is 0 Å². The van der Waals surface area contributed by atoms with Gasteiger partial charge in [-0.2, -0.15) is 0 Å². The lowest BCUT2D eigenvalue weighted by atomic mass is 9.95. The minimum Gasteiger partial charge on any atom is -0.507 e. The third kappa shape index (κ3) is 3.91. The van der Waals surface area contributed by atoms with Crippen molar-refractivity contribution in [3.8, 4) is 11.5 Å². The zero-order valence-electron chi connectivity index (χ0n) is 19.3. The summed E-state index contributed by atoms with van der Waals surface area (Å²) in [6.45, 7) is 1.98. The summed E-state index contributed by atoms with van der Waals surface area (Å²) in [5.41, 5.74) is 2.76. The molecule has 0 aliphatic carbocycles. The molecule has 1 aliphatic heterocycles. The number of ketones is 1. The average Bonchev–Trinajstić information content (AvgIpc) is 3.41. The Bertz CT molecular complexity index is 1510. The molecule has 1 fully saturated rings. The predicted octanol–water partition coefficient (Wildman–Crippen LogP) is 5.25. The van der Waals surface area contributed by atoms with Gasteiger partial charge >= 0.3 is 5.91 Å². The second-order valence-corrected chi connectivity index (χ2v) is 9.15. The normalized spacial score (nSPS) is 17.2. The standard InChI is InChI=1S/C27H22N2O5S/c1-15-10-11-20-21(12-15)35-27(28-20)29-23(16-6-4-8-18(13-16)33-2)22(25(31)26(29)32)24(30)17-7-5-9-19(14-17)34-3/h4-14,23,30H,1-3H3/t23-/m1/s1. The Hall–Kier alpha value is -4.17. The van der Waals surface area contributed by atoms with Crippen LogP contribution in [0.5, 0.6) is 11.5 Å². The quantitative estimate of drug-likeness (QED) is 0.236. The number of benzene rings is 3. The maximum absolute atomic E-state index is 13.4. The highest BCUT2D eigenvalue weighted by atomic mass is 32.1. The number of nitrogens with zero attached hydrogens (tertiary/aromatic N) is 2. The Morgan fingerprint density at radius 1 is 0.971 bits per heavy atom. The van der Waals surface area contributed by atoms with E-state index in [1.54, 1.807) is 55.6 Å². The molecule has 1 aliphatic rings. The number of rotatable bonds is 5. The van der Waals surface area contributed by atoms with Crippen LogP contribution >= 0.6 is 11.3 Å². The molecule has 5 rings (SSSR count). The van der Waals surface area contributed by atoms with Crippen LogP contribution in [0, 0.1) is 6.92 Å². The van der Waals surface area contributed by atoms with Crippen molar-refractivity contribution < 1.29 is 24.2 Å². The smallest absolute Gasteiger partial charge is 0.301 e. The van der Waals surface area contributed by atoms with Crippen molar-refractivity contribution in [1.82, 2.24) is 4.98 Å². The number of aliphatic hydroxyl groups is 1. The van der Waals surface area contributed by atoms with Crippen LogP contribution < -0.4 is 14.4 Å². The van der Waals surface area contributed by atoms with Crippen molar-refractivity contribution in [1.29, 1.82) is 0 Å². The zero-order chi connectivity index (χ0) is 24.7. The Kier molecular flexibility index (Phi) is 5.74. The number of fused-ring (bicyclic) bond motifs is 1. The van der Waals surface area contributed by atoms with Crippen LogP contribution in [-0.2, 0) is 9.59 Å². The zero-order valence-corrected chi connectivity index (χ0v) is 20.1. The van der Waals surface area contributed by atoms with Crippen molar-refractivity contribution in [2.75, 3.05) is 19.1 Å². The fraction of sp³-hybridized carbons (Fsp3) is 0.148. The lowest BCUT2D eigenvalue weighted by molar-refractivity contribution is -0.132. The summed E-state index contributed by atoms with van der Waals surface area (Å²) in [6.07, 6.45) is 0. The summed E-state index contributed by atoms with van der Waals surface area (Å²) in [6, 6.07) is 18.8. The van der Waals surface area contributed by atoms with Gasteiger partial charge in [0, 0.05) is 5.56 Å². The first kappa shape index (κ1) is 22.6. The second kappa shape index (κ2) is 8.88. The van der Waals surface area contributed by atoms with Crippen LogP contribution in [0.3, 0.4) is 0 Å². The van der Waals surface area contributed by atoms with Gasteiger partial charge in [-0.25, -0.2) is 4.98 Å². The van der Waals surface area contributed by atoms with Crippen LogP contribution in [0.25, 0.3) is 16.0 Å². The van der Waals surface area contributed by atoms with Crippen molar-refractivity contribution in [2.45, 2.75) is 13.0 Å². The van der Waals surface area contributed by atoms with Crippen LogP contribution in [0.1, 0.15) is 22.7 Å². The van der Waals surface area contributed by atoms with E-state index in [-0.39, 0.29) is 11.3 Å². The lowest BCUT2D eigenvalue weighted by Crippen LogP contribution is -2.29. The lowest BCUT2D eigenvalue weighted by Gasteiger charge is -2.23. The molecule has 0 radical (unpaired) electrons. The highest BCUT2D eigenvalue weighted by Crippen LogP contribution is 2.45. The molecule has 1 atom stereocenters. The molecule has 2 heterocycles. The fourth-order valence-corrected chi connectivity index (χ4v) is 5.30. The van der Waals surface area contributed by atoms with E-state index >= 15 is 0 Å². The predicted molar refractivity (Wildman–Crippen MR) is 135 cm³/mol. The van der Waals surface area contributed by atoms with E-state index in [2.05, 4.69) is 4.98 Å². The monoisotopic (exact) mass is 486 g/mol. The number of aryl methyl sites for hydroxylation is 1. The summed E-state index contributed by atoms with van der Waals surface area (Å²) < 4.78 is 11.6. The van der Waals surface area contributed by atoms with Gasteiger partial charge in [0.15, 0.2) is 5.13 Å². The van der Waals surface area contributed by atoms with Gasteiger partial charge in [0.25, 0.3) is 5.78 Å². The van der Waals surface area contributed by atoms with E-state index in [1.165, 1.54) is 23.3 Å². The van der Waals surface area contributed by atoms with E-state index in [9.17, 15) is 14.7 Å². The molecule has 1 saturated heterocycles. The fourth-order valence-electron chi connectivity index (χ4n) is 4.21. The van der Waals surface area contributed by atoms with E-state index in [0.717, 1.165) is 15.8 Å². The van der Waals surface area contributed by atoms with Gasteiger partial charge in [0.1, 0.15) is 17.3 Å². The Morgan fingerprint density at radius 3 is 2.43 bits per heavy atom. The topological polar surface area (TPSA) is 89.0 Å².